The Kier molecular flexibility index (Phi) is 3.54. The average molecular weight is 230 g/mol. The van der Waals surface area contributed by atoms with Crippen molar-refractivity contribution in [2.24, 2.45) is 0 Å². The van der Waals surface area contributed by atoms with Crippen molar-refractivity contribution in [2.75, 3.05) is 6.61 Å². The van der Waals surface area contributed by atoms with Gasteiger partial charge in [-0.25, -0.2) is 0 Å². The van der Waals surface area contributed by atoms with Gasteiger partial charge in [0, 0.05) is 12.5 Å². The fourth-order valence-corrected chi connectivity index (χ4v) is 1.73. The van der Waals surface area contributed by atoms with Crippen LogP contribution in [0.1, 0.15) is 19.8 Å². The molecule has 2 aliphatic rings. The summed E-state index contributed by atoms with van der Waals surface area (Å²) in [7, 11) is 0. The van der Waals surface area contributed by atoms with Gasteiger partial charge in [0.1, 0.15) is 5.76 Å². The summed E-state index contributed by atoms with van der Waals surface area (Å²) < 4.78 is 11.2. The van der Waals surface area contributed by atoms with Crippen LogP contribution in [0.4, 0.5) is 0 Å². The highest BCUT2D eigenvalue weighted by Gasteiger charge is 2.39. The second-order valence-electron chi connectivity index (χ2n) is 3.94. The second kappa shape index (κ2) is 5.10. The molecule has 0 unspecified atom stereocenters. The van der Waals surface area contributed by atoms with Crippen molar-refractivity contribution in [1.29, 1.82) is 0 Å². The minimum absolute atomic E-state index is 0.310. The van der Waals surface area contributed by atoms with Crippen LogP contribution in [0.5, 0.6) is 0 Å². The molecule has 2 rings (SSSR count). The van der Waals surface area contributed by atoms with Crippen LogP contribution in [0, 0.1) is 23.7 Å². The normalized spacial score (nSPS) is 32.6. The van der Waals surface area contributed by atoms with E-state index in [1.54, 1.807) is 13.0 Å². The first kappa shape index (κ1) is 11.8. The number of aliphatic hydroxyl groups excluding tert-OH is 1. The lowest BCUT2D eigenvalue weighted by Crippen LogP contribution is -2.39. The Bertz CT molecular complexity index is 457. The van der Waals surface area contributed by atoms with Gasteiger partial charge in [0.05, 0.1) is 12.7 Å². The predicted molar refractivity (Wildman–Crippen MR) is 63.5 cm³/mol. The van der Waals surface area contributed by atoms with Crippen molar-refractivity contribution in [2.45, 2.75) is 31.7 Å². The maximum absolute atomic E-state index is 9.36. The Morgan fingerprint density at radius 1 is 1.53 bits per heavy atom. The molecule has 0 aliphatic carbocycles. The van der Waals surface area contributed by atoms with Crippen molar-refractivity contribution in [3.05, 3.63) is 24.0 Å². The lowest BCUT2D eigenvalue weighted by Gasteiger charge is -2.33. The molecular weight excluding hydrogens is 216 g/mol. The molecule has 0 radical (unpaired) electrons. The van der Waals surface area contributed by atoms with E-state index in [9.17, 15) is 5.11 Å². The summed E-state index contributed by atoms with van der Waals surface area (Å²) >= 11 is 0. The highest BCUT2D eigenvalue weighted by Crippen LogP contribution is 2.34. The molecule has 0 aromatic rings. The number of ether oxygens (including phenoxy) is 2. The molecule has 0 amide bonds. The van der Waals surface area contributed by atoms with Crippen LogP contribution < -0.4 is 0 Å². The summed E-state index contributed by atoms with van der Waals surface area (Å²) in [4.78, 5) is 0. The molecule has 2 atom stereocenters. The van der Waals surface area contributed by atoms with Gasteiger partial charge in [-0.15, -0.1) is 0 Å². The first-order valence-corrected chi connectivity index (χ1v) is 5.57. The number of hydrogen-bond acceptors (Lipinski definition) is 3. The lowest BCUT2D eigenvalue weighted by molar-refractivity contribution is -0.214. The third kappa shape index (κ3) is 2.91. The van der Waals surface area contributed by atoms with E-state index in [0.717, 1.165) is 0 Å². The van der Waals surface area contributed by atoms with E-state index in [1.165, 1.54) is 0 Å². The van der Waals surface area contributed by atoms with Gasteiger partial charge >= 0.3 is 0 Å². The van der Waals surface area contributed by atoms with Gasteiger partial charge in [-0.05, 0) is 37.3 Å². The molecule has 0 aromatic carbocycles. The van der Waals surface area contributed by atoms with Gasteiger partial charge in [0.25, 0.3) is 0 Å². The second-order valence-corrected chi connectivity index (χ2v) is 3.94. The number of hydrogen-bond donors (Lipinski definition) is 1. The first-order chi connectivity index (χ1) is 8.24. The van der Waals surface area contributed by atoms with Gasteiger partial charge in [-0.2, -0.15) is 0 Å². The van der Waals surface area contributed by atoms with Crippen molar-refractivity contribution < 1.29 is 14.6 Å². The Hall–Kier alpha value is -1.68. The molecular formula is C14H14O3. The van der Waals surface area contributed by atoms with Crippen LogP contribution in [0.3, 0.4) is 0 Å². The molecule has 1 fully saturated rings. The number of allylic oxidation sites excluding steroid dienone is 2. The zero-order valence-corrected chi connectivity index (χ0v) is 9.69. The summed E-state index contributed by atoms with van der Waals surface area (Å²) in [6.07, 6.45) is 6.34. The monoisotopic (exact) mass is 230 g/mol. The standard InChI is InChI=1S/C14H14O3/c1-2-3-4-5-6-13-8-10-14(17-13)9-7-12(15)11-16-14/h6,8,10,12,15H,7,9,11H2,1H3/b13-6-/t12-,14+/m1/s1. The van der Waals surface area contributed by atoms with E-state index in [4.69, 9.17) is 9.47 Å². The highest BCUT2D eigenvalue weighted by atomic mass is 16.7. The predicted octanol–water partition coefficient (Wildman–Crippen LogP) is 1.35. The van der Waals surface area contributed by atoms with E-state index >= 15 is 0 Å². The van der Waals surface area contributed by atoms with Crippen LogP contribution in [0.2, 0.25) is 0 Å². The Morgan fingerprint density at radius 2 is 2.41 bits per heavy atom. The van der Waals surface area contributed by atoms with Crippen LogP contribution in [-0.2, 0) is 9.47 Å². The van der Waals surface area contributed by atoms with Crippen LogP contribution in [-0.4, -0.2) is 23.6 Å². The topological polar surface area (TPSA) is 38.7 Å². The molecule has 3 nitrogen and oxygen atoms in total. The molecule has 1 saturated heterocycles. The average Bonchev–Trinajstić information content (AvgIpc) is 2.73. The van der Waals surface area contributed by atoms with Crippen molar-refractivity contribution in [1.82, 2.24) is 0 Å². The fourth-order valence-electron chi connectivity index (χ4n) is 1.73. The van der Waals surface area contributed by atoms with Crippen molar-refractivity contribution in [3.8, 4) is 23.7 Å². The maximum Gasteiger partial charge on any atom is 0.231 e. The summed E-state index contributed by atoms with van der Waals surface area (Å²) in [5.41, 5.74) is 0. The SMILES string of the molecule is CC#CC#C/C=C1/C=C[C@]2(CC[C@@H](O)CO2)O1. The molecule has 2 heterocycles. The maximum atomic E-state index is 9.36. The minimum atomic E-state index is -0.691. The van der Waals surface area contributed by atoms with E-state index in [2.05, 4.69) is 23.7 Å². The van der Waals surface area contributed by atoms with Gasteiger partial charge in [-0.1, -0.05) is 11.8 Å². The zero-order valence-electron chi connectivity index (χ0n) is 9.69. The van der Waals surface area contributed by atoms with E-state index in [-0.39, 0.29) is 6.10 Å². The van der Waals surface area contributed by atoms with Crippen LogP contribution in [0.25, 0.3) is 0 Å². The molecule has 1 N–H and O–H groups in total. The first-order valence-electron chi connectivity index (χ1n) is 5.57. The molecule has 0 bridgehead atoms. The van der Waals surface area contributed by atoms with E-state index in [1.807, 2.05) is 12.2 Å². The summed E-state index contributed by atoms with van der Waals surface area (Å²) in [5.74, 6) is 10.8. The highest BCUT2D eigenvalue weighted by molar-refractivity contribution is 5.35. The molecule has 17 heavy (non-hydrogen) atoms. The Balaban J connectivity index is 1.98. The van der Waals surface area contributed by atoms with Gasteiger partial charge in [0.2, 0.25) is 5.79 Å². The third-order valence-electron chi connectivity index (χ3n) is 2.61. The van der Waals surface area contributed by atoms with Crippen LogP contribution >= 0.6 is 0 Å². The van der Waals surface area contributed by atoms with Crippen molar-refractivity contribution in [3.63, 3.8) is 0 Å². The fraction of sp³-hybridized carbons (Fsp3) is 0.429. The molecule has 3 heteroatoms. The summed E-state index contributed by atoms with van der Waals surface area (Å²) in [5, 5.41) is 9.36. The minimum Gasteiger partial charge on any atom is -0.458 e. The number of aliphatic hydroxyl groups is 1. The smallest absolute Gasteiger partial charge is 0.231 e. The summed E-state index contributed by atoms with van der Waals surface area (Å²) in [6.45, 7) is 2.05. The zero-order chi connectivity index (χ0) is 12.1. The van der Waals surface area contributed by atoms with Gasteiger partial charge in [0.15, 0.2) is 0 Å². The summed E-state index contributed by atoms with van der Waals surface area (Å²) in [6, 6.07) is 0. The lowest BCUT2D eigenvalue weighted by atomic mass is 10.0. The number of rotatable bonds is 0. The largest absolute Gasteiger partial charge is 0.458 e. The quantitative estimate of drug-likeness (QED) is 0.638. The molecule has 2 aliphatic heterocycles. The molecule has 1 spiro atoms. The van der Waals surface area contributed by atoms with E-state index in [0.29, 0.717) is 25.2 Å². The molecule has 0 saturated carbocycles. The van der Waals surface area contributed by atoms with Gasteiger partial charge in [-0.3, -0.25) is 0 Å². The third-order valence-corrected chi connectivity index (χ3v) is 2.61. The molecule has 88 valence electrons. The van der Waals surface area contributed by atoms with Gasteiger partial charge < -0.3 is 14.6 Å². The van der Waals surface area contributed by atoms with E-state index < -0.39 is 5.79 Å². The Morgan fingerprint density at radius 3 is 3.12 bits per heavy atom. The Labute approximate surface area is 101 Å². The van der Waals surface area contributed by atoms with Crippen molar-refractivity contribution >= 4 is 0 Å². The molecule has 0 aromatic heterocycles. The van der Waals surface area contributed by atoms with Crippen LogP contribution in [0.15, 0.2) is 24.0 Å².